The van der Waals surface area contributed by atoms with E-state index in [1.807, 2.05) is 0 Å². The van der Waals surface area contributed by atoms with Gasteiger partial charge in [0.25, 0.3) is 0 Å². The Morgan fingerprint density at radius 1 is 0.935 bits per heavy atom. The summed E-state index contributed by atoms with van der Waals surface area (Å²) in [5, 5.41) is 1.38. The Labute approximate surface area is 201 Å². The number of para-hydroxylation sites is 1. The van der Waals surface area contributed by atoms with Crippen molar-refractivity contribution in [3.63, 3.8) is 0 Å². The van der Waals surface area contributed by atoms with Gasteiger partial charge < -0.3 is 18.8 Å². The number of benzene rings is 2. The molecule has 1 N–H and O–H groups in total. The first-order valence-corrected chi connectivity index (χ1v) is 14.3. The molecule has 0 bridgehead atoms. The molecule has 0 unspecified atom stereocenters. The average molecular weight is 551 g/mol. The van der Waals surface area contributed by atoms with E-state index < -0.39 is 0 Å². The summed E-state index contributed by atoms with van der Waals surface area (Å²) in [6, 6.07) is 17.0. The highest BCUT2D eigenvalue weighted by atomic mass is 127. The van der Waals surface area contributed by atoms with Crippen LogP contribution in [0.15, 0.2) is 54.7 Å². The van der Waals surface area contributed by atoms with Gasteiger partial charge in [0.2, 0.25) is 0 Å². The summed E-state index contributed by atoms with van der Waals surface area (Å²) in [7, 11) is 1.34. The first-order valence-electron chi connectivity index (χ1n) is 11.0. The number of aromatic amines is 1. The van der Waals surface area contributed by atoms with E-state index >= 15 is 0 Å². The zero-order valence-corrected chi connectivity index (χ0v) is 20.7. The smallest absolute Gasteiger partial charge is 0.119 e. The van der Waals surface area contributed by atoms with Crippen LogP contribution in [0.25, 0.3) is 10.9 Å². The highest BCUT2D eigenvalue weighted by molar-refractivity contribution is 14.2. The molecule has 1 fully saturated rings. The molecule has 31 heavy (non-hydrogen) atoms. The van der Waals surface area contributed by atoms with Crippen molar-refractivity contribution in [2.75, 3.05) is 50.8 Å². The first-order chi connectivity index (χ1) is 15.3. The minimum absolute atomic E-state index is 0.578. The number of anilines is 1. The van der Waals surface area contributed by atoms with E-state index in [9.17, 15) is 0 Å². The second-order valence-corrected chi connectivity index (χ2v) is 9.31. The third-order valence-electron chi connectivity index (χ3n) is 5.90. The van der Waals surface area contributed by atoms with Crippen molar-refractivity contribution in [2.24, 2.45) is 0 Å². The van der Waals surface area contributed by atoms with E-state index in [0.717, 1.165) is 38.3 Å². The van der Waals surface area contributed by atoms with Gasteiger partial charge in [0, 0.05) is 70.2 Å². The number of piperazine rings is 1. The molecule has 4 rings (SSSR count). The first kappa shape index (κ1) is 22.8. The summed E-state index contributed by atoms with van der Waals surface area (Å²) in [5.41, 5.74) is 3.98. The van der Waals surface area contributed by atoms with Gasteiger partial charge in [-0.15, -0.1) is 0 Å². The molecule has 2 heterocycles. The maximum Gasteiger partial charge on any atom is 0.119 e. The normalized spacial score (nSPS) is 14.9. The van der Waals surface area contributed by atoms with Crippen molar-refractivity contribution in [2.45, 2.75) is 19.3 Å². The fourth-order valence-electron chi connectivity index (χ4n) is 4.20. The standard InChI is InChI=1S/C24H30IN3O2S/c25-31-30-18-17-29-22-10-8-21(9-11-22)28-15-13-27(14-16-28)12-4-3-5-20-19-26-24-7-2-1-6-23(20)24/h1-2,6-11,19,26H,3-5,12-18H2. The Kier molecular flexibility index (Phi) is 8.80. The molecule has 7 heteroatoms. The van der Waals surface area contributed by atoms with Crippen LogP contribution in [-0.4, -0.2) is 55.8 Å². The minimum Gasteiger partial charge on any atom is -0.491 e. The molecule has 2 aromatic carbocycles. The lowest BCUT2D eigenvalue weighted by atomic mass is 10.1. The molecule has 0 spiro atoms. The number of aromatic nitrogens is 1. The van der Waals surface area contributed by atoms with E-state index in [1.165, 1.54) is 50.8 Å². The zero-order chi connectivity index (χ0) is 21.3. The van der Waals surface area contributed by atoms with E-state index in [0.29, 0.717) is 13.2 Å². The lowest BCUT2D eigenvalue weighted by molar-refractivity contribution is 0.241. The molecule has 0 radical (unpaired) electrons. The van der Waals surface area contributed by atoms with Crippen LogP contribution < -0.4 is 9.64 Å². The van der Waals surface area contributed by atoms with Gasteiger partial charge >= 0.3 is 0 Å². The Morgan fingerprint density at radius 2 is 1.74 bits per heavy atom. The molecular formula is C24H30IN3O2S. The summed E-state index contributed by atoms with van der Waals surface area (Å²) in [6.07, 6.45) is 5.83. The van der Waals surface area contributed by atoms with Crippen molar-refractivity contribution >= 4 is 47.0 Å². The van der Waals surface area contributed by atoms with Gasteiger partial charge in [-0.05, 0) is 61.7 Å². The highest BCUT2D eigenvalue weighted by Gasteiger charge is 2.17. The van der Waals surface area contributed by atoms with Crippen LogP contribution >= 0.6 is 30.4 Å². The molecular weight excluding hydrogens is 521 g/mol. The summed E-state index contributed by atoms with van der Waals surface area (Å²) >= 11 is 2.11. The van der Waals surface area contributed by atoms with Crippen molar-refractivity contribution < 1.29 is 8.92 Å². The van der Waals surface area contributed by atoms with E-state index in [2.05, 4.69) is 90.7 Å². The zero-order valence-electron chi connectivity index (χ0n) is 17.8. The van der Waals surface area contributed by atoms with Gasteiger partial charge in [-0.2, -0.15) is 0 Å². The second kappa shape index (κ2) is 12.0. The lowest BCUT2D eigenvalue weighted by Gasteiger charge is -2.36. The van der Waals surface area contributed by atoms with Crippen molar-refractivity contribution in [3.05, 3.63) is 60.3 Å². The average Bonchev–Trinajstić information content (AvgIpc) is 3.24. The summed E-state index contributed by atoms with van der Waals surface area (Å²) < 4.78 is 10.9. The topological polar surface area (TPSA) is 40.7 Å². The van der Waals surface area contributed by atoms with Crippen molar-refractivity contribution in [1.82, 2.24) is 9.88 Å². The van der Waals surface area contributed by atoms with Gasteiger partial charge in [-0.25, -0.2) is 0 Å². The molecule has 1 aliphatic heterocycles. The van der Waals surface area contributed by atoms with Gasteiger partial charge in [-0.3, -0.25) is 4.90 Å². The molecule has 1 aromatic heterocycles. The monoisotopic (exact) mass is 551 g/mol. The fraction of sp³-hybridized carbons (Fsp3) is 0.417. The Hall–Kier alpha value is -1.42. The molecule has 166 valence electrons. The Morgan fingerprint density at radius 3 is 2.55 bits per heavy atom. The van der Waals surface area contributed by atoms with Crippen LogP contribution in [0.2, 0.25) is 0 Å². The summed E-state index contributed by atoms with van der Waals surface area (Å²) in [6.45, 7) is 6.81. The minimum atomic E-state index is 0.578. The van der Waals surface area contributed by atoms with Crippen LogP contribution in [0.4, 0.5) is 5.69 Å². The van der Waals surface area contributed by atoms with Gasteiger partial charge in [-0.1, -0.05) is 18.2 Å². The number of rotatable bonds is 11. The molecule has 1 aliphatic rings. The van der Waals surface area contributed by atoms with Crippen LogP contribution in [-0.2, 0) is 10.6 Å². The number of unbranched alkanes of at least 4 members (excludes halogenated alkanes) is 1. The van der Waals surface area contributed by atoms with Crippen LogP contribution in [0, 0.1) is 0 Å². The lowest BCUT2D eigenvalue weighted by Crippen LogP contribution is -2.46. The Bertz CT molecular complexity index is 926. The number of aryl methyl sites for hydroxylation is 1. The summed E-state index contributed by atoms with van der Waals surface area (Å²) in [5.74, 6) is 0.902. The van der Waals surface area contributed by atoms with Crippen LogP contribution in [0.1, 0.15) is 18.4 Å². The largest absolute Gasteiger partial charge is 0.491 e. The predicted molar refractivity (Wildman–Crippen MR) is 139 cm³/mol. The molecule has 3 aromatic rings. The number of nitrogens with zero attached hydrogens (tertiary/aromatic N) is 2. The predicted octanol–water partition coefficient (Wildman–Crippen LogP) is 5.71. The van der Waals surface area contributed by atoms with Gasteiger partial charge in [0.1, 0.15) is 12.4 Å². The molecule has 0 saturated carbocycles. The SMILES string of the molecule is ISOCCOc1ccc(N2CCN(CCCCc3c[nH]c4ccccc34)CC2)cc1. The van der Waals surface area contributed by atoms with Crippen molar-refractivity contribution in [1.29, 1.82) is 0 Å². The van der Waals surface area contributed by atoms with E-state index in [1.54, 1.807) is 0 Å². The number of H-pyrrole nitrogens is 1. The van der Waals surface area contributed by atoms with E-state index in [4.69, 9.17) is 8.92 Å². The molecule has 0 aliphatic carbocycles. The number of ether oxygens (including phenoxy) is 1. The highest BCUT2D eigenvalue weighted by Crippen LogP contribution is 2.22. The maximum absolute atomic E-state index is 5.70. The van der Waals surface area contributed by atoms with Crippen molar-refractivity contribution in [3.8, 4) is 5.75 Å². The van der Waals surface area contributed by atoms with Crippen LogP contribution in [0.5, 0.6) is 5.75 Å². The van der Waals surface area contributed by atoms with E-state index in [-0.39, 0.29) is 0 Å². The molecule has 1 saturated heterocycles. The van der Waals surface area contributed by atoms with Crippen LogP contribution in [0.3, 0.4) is 0 Å². The fourth-order valence-corrected chi connectivity index (χ4v) is 4.87. The third kappa shape index (κ3) is 6.54. The number of hydrogen-bond donors (Lipinski definition) is 1. The summed E-state index contributed by atoms with van der Waals surface area (Å²) in [4.78, 5) is 8.47. The maximum atomic E-state index is 5.70. The van der Waals surface area contributed by atoms with Gasteiger partial charge in [0.05, 0.1) is 15.8 Å². The molecule has 0 atom stereocenters. The number of fused-ring (bicyclic) bond motifs is 1. The Balaban J connectivity index is 1.14. The van der Waals surface area contributed by atoms with Gasteiger partial charge in [0.15, 0.2) is 0 Å². The number of hydrogen-bond acceptors (Lipinski definition) is 5. The quantitative estimate of drug-likeness (QED) is 0.188. The molecule has 5 nitrogen and oxygen atoms in total. The third-order valence-corrected chi connectivity index (χ3v) is 6.92. The number of halogens is 1. The molecule has 0 amide bonds. The second-order valence-electron chi connectivity index (χ2n) is 7.87. The number of nitrogens with one attached hydrogen (secondary N) is 1.